The highest BCUT2D eigenvalue weighted by atomic mass is 15.2. The van der Waals surface area contributed by atoms with Crippen LogP contribution in [-0.4, -0.2) is 30.3 Å². The first-order chi connectivity index (χ1) is 5.07. The predicted molar refractivity (Wildman–Crippen MR) is 47.9 cm³/mol. The number of amidine groups is 1. The Labute approximate surface area is 67.6 Å². The Morgan fingerprint density at radius 2 is 2.18 bits per heavy atom. The van der Waals surface area contributed by atoms with E-state index in [1.165, 1.54) is 0 Å². The molecule has 0 saturated heterocycles. The molecule has 0 atom stereocenters. The van der Waals surface area contributed by atoms with Crippen molar-refractivity contribution in [3.8, 4) is 0 Å². The van der Waals surface area contributed by atoms with Crippen molar-refractivity contribution in [3.63, 3.8) is 0 Å². The fourth-order valence-electron chi connectivity index (χ4n) is 0.707. The highest BCUT2D eigenvalue weighted by Gasteiger charge is 1.98. The quantitative estimate of drug-likeness (QED) is 0.455. The number of nitrogens with zero attached hydrogens (tertiary/aromatic N) is 2. The molecule has 0 aromatic rings. The molecule has 0 radical (unpaired) electrons. The summed E-state index contributed by atoms with van der Waals surface area (Å²) < 4.78 is 0. The largest absolute Gasteiger partial charge is 0.369 e. The topological polar surface area (TPSA) is 65.5 Å². The normalized spacial score (nSPS) is 11.4. The summed E-state index contributed by atoms with van der Waals surface area (Å²) in [5.74, 6) is 0.657. The van der Waals surface area contributed by atoms with E-state index in [-0.39, 0.29) is 5.84 Å². The molecule has 0 amide bonds. The van der Waals surface area contributed by atoms with Gasteiger partial charge in [0, 0.05) is 13.6 Å². The van der Waals surface area contributed by atoms with Gasteiger partial charge in [-0.15, -0.1) is 0 Å². The van der Waals surface area contributed by atoms with Gasteiger partial charge in [-0.05, 0) is 13.3 Å². The molecule has 0 aliphatic rings. The lowest BCUT2D eigenvalue weighted by Crippen LogP contribution is -2.34. The van der Waals surface area contributed by atoms with Crippen LogP contribution in [0.15, 0.2) is 4.99 Å². The fraction of sp³-hybridized carbons (Fsp3) is 0.714. The summed E-state index contributed by atoms with van der Waals surface area (Å²) in [7, 11) is 1.87. The molecule has 11 heavy (non-hydrogen) atoms. The minimum absolute atomic E-state index is 0.241. The van der Waals surface area contributed by atoms with Gasteiger partial charge in [0.05, 0.1) is 0 Å². The highest BCUT2D eigenvalue weighted by molar-refractivity contribution is 5.92. The zero-order valence-electron chi connectivity index (χ0n) is 7.39. The Bertz CT molecular complexity index is 162. The van der Waals surface area contributed by atoms with E-state index in [4.69, 9.17) is 11.1 Å². The number of nitrogens with two attached hydrogens (primary N) is 1. The van der Waals surface area contributed by atoms with E-state index >= 15 is 0 Å². The van der Waals surface area contributed by atoms with Gasteiger partial charge in [0.1, 0.15) is 5.84 Å². The molecule has 4 nitrogen and oxygen atoms in total. The third-order valence-electron chi connectivity index (χ3n) is 1.23. The van der Waals surface area contributed by atoms with E-state index in [1.54, 1.807) is 6.92 Å². The summed E-state index contributed by atoms with van der Waals surface area (Å²) in [6.07, 6.45) is 1.03. The Morgan fingerprint density at radius 3 is 2.55 bits per heavy atom. The van der Waals surface area contributed by atoms with E-state index in [9.17, 15) is 0 Å². The van der Waals surface area contributed by atoms with Crippen molar-refractivity contribution >= 4 is 11.8 Å². The number of guanidine groups is 1. The summed E-state index contributed by atoms with van der Waals surface area (Å²) in [4.78, 5) is 5.63. The van der Waals surface area contributed by atoms with Crippen molar-refractivity contribution in [1.82, 2.24) is 4.90 Å². The maximum atomic E-state index is 7.06. The van der Waals surface area contributed by atoms with Gasteiger partial charge in [0.25, 0.3) is 0 Å². The molecule has 0 rings (SSSR count). The second-order valence-electron chi connectivity index (χ2n) is 2.48. The maximum absolute atomic E-state index is 7.06. The Balaban J connectivity index is 4.00. The van der Waals surface area contributed by atoms with Gasteiger partial charge >= 0.3 is 0 Å². The number of hydrogen-bond donors (Lipinski definition) is 2. The van der Waals surface area contributed by atoms with Crippen molar-refractivity contribution in [3.05, 3.63) is 0 Å². The van der Waals surface area contributed by atoms with E-state index in [0.717, 1.165) is 13.0 Å². The van der Waals surface area contributed by atoms with Gasteiger partial charge in [-0.25, -0.2) is 4.99 Å². The van der Waals surface area contributed by atoms with E-state index in [2.05, 4.69) is 11.9 Å². The first kappa shape index (κ1) is 9.94. The van der Waals surface area contributed by atoms with Gasteiger partial charge in [-0.2, -0.15) is 0 Å². The Morgan fingerprint density at radius 1 is 1.64 bits per heavy atom. The van der Waals surface area contributed by atoms with E-state index in [0.29, 0.717) is 5.96 Å². The maximum Gasteiger partial charge on any atom is 0.197 e. The molecule has 0 aromatic heterocycles. The average molecular weight is 156 g/mol. The lowest BCUT2D eigenvalue weighted by atomic mass is 10.4. The molecule has 4 heteroatoms. The minimum Gasteiger partial charge on any atom is -0.369 e. The molecule has 0 aromatic carbocycles. The standard InChI is InChI=1S/C7H16N4/c1-4-5-11(3)7(9)10-6(2)8/h4-5H2,1-3H3,(H3,8,9,10). The summed E-state index contributed by atoms with van der Waals surface area (Å²) in [6, 6.07) is 0. The van der Waals surface area contributed by atoms with Crippen LogP contribution in [0.3, 0.4) is 0 Å². The highest BCUT2D eigenvalue weighted by Crippen LogP contribution is 1.86. The Hall–Kier alpha value is -1.06. The van der Waals surface area contributed by atoms with E-state index < -0.39 is 0 Å². The van der Waals surface area contributed by atoms with Crippen LogP contribution in [-0.2, 0) is 0 Å². The summed E-state index contributed by atoms with van der Waals surface area (Å²) >= 11 is 0. The molecule has 0 aliphatic carbocycles. The summed E-state index contributed by atoms with van der Waals surface area (Å²) in [6.45, 7) is 4.55. The number of nitrogens with one attached hydrogen (secondary N) is 1. The van der Waals surface area contributed by atoms with Crippen LogP contribution >= 0.6 is 0 Å². The lowest BCUT2D eigenvalue weighted by Gasteiger charge is -2.15. The number of hydrogen-bond acceptors (Lipinski definition) is 1. The second-order valence-corrected chi connectivity index (χ2v) is 2.48. The van der Waals surface area contributed by atoms with Gasteiger partial charge in [-0.1, -0.05) is 6.92 Å². The predicted octanol–water partition coefficient (Wildman–Crippen LogP) is 0.640. The molecular weight excluding hydrogens is 140 g/mol. The van der Waals surface area contributed by atoms with Crippen LogP contribution in [0.2, 0.25) is 0 Å². The lowest BCUT2D eigenvalue weighted by molar-refractivity contribution is 0.496. The van der Waals surface area contributed by atoms with Gasteiger partial charge in [0.2, 0.25) is 0 Å². The number of rotatable bonds is 2. The van der Waals surface area contributed by atoms with Crippen molar-refractivity contribution in [2.24, 2.45) is 10.7 Å². The van der Waals surface area contributed by atoms with Crippen molar-refractivity contribution in [2.45, 2.75) is 20.3 Å². The SMILES string of the molecule is CCCN(C)C(N)=NC(C)=N. The monoisotopic (exact) mass is 156 g/mol. The van der Waals surface area contributed by atoms with Gasteiger partial charge in [0.15, 0.2) is 5.96 Å². The van der Waals surface area contributed by atoms with Crippen LogP contribution in [0.1, 0.15) is 20.3 Å². The third-order valence-corrected chi connectivity index (χ3v) is 1.23. The molecule has 0 heterocycles. The molecule has 0 unspecified atom stereocenters. The van der Waals surface area contributed by atoms with Crippen LogP contribution < -0.4 is 5.73 Å². The zero-order chi connectivity index (χ0) is 8.85. The second kappa shape index (κ2) is 4.71. The molecule has 0 fully saturated rings. The van der Waals surface area contributed by atoms with Crippen molar-refractivity contribution < 1.29 is 0 Å². The zero-order valence-corrected chi connectivity index (χ0v) is 7.39. The van der Waals surface area contributed by atoms with Crippen molar-refractivity contribution in [2.75, 3.05) is 13.6 Å². The van der Waals surface area contributed by atoms with Gasteiger partial charge in [-0.3, -0.25) is 5.41 Å². The number of aliphatic imine (C=N–C) groups is 1. The summed E-state index contributed by atoms with van der Waals surface area (Å²) in [5.41, 5.74) is 5.54. The van der Waals surface area contributed by atoms with Crippen molar-refractivity contribution in [1.29, 1.82) is 5.41 Å². The first-order valence-corrected chi connectivity index (χ1v) is 3.68. The summed E-state index contributed by atoms with van der Waals surface area (Å²) in [5, 5.41) is 7.06. The average Bonchev–Trinajstić information content (AvgIpc) is 1.86. The van der Waals surface area contributed by atoms with Crippen LogP contribution in [0.4, 0.5) is 0 Å². The Kier molecular flexibility index (Phi) is 4.26. The molecule has 0 aliphatic heterocycles. The third kappa shape index (κ3) is 4.36. The van der Waals surface area contributed by atoms with E-state index in [1.807, 2.05) is 11.9 Å². The molecule has 0 bridgehead atoms. The molecule has 64 valence electrons. The smallest absolute Gasteiger partial charge is 0.197 e. The fourth-order valence-corrected chi connectivity index (χ4v) is 0.707. The molecular formula is C7H16N4. The molecule has 0 saturated carbocycles. The molecule has 0 spiro atoms. The van der Waals surface area contributed by atoms with Crippen LogP contribution in [0, 0.1) is 5.41 Å². The molecule has 3 N–H and O–H groups in total. The first-order valence-electron chi connectivity index (χ1n) is 3.68. The van der Waals surface area contributed by atoms with Crippen LogP contribution in [0.25, 0.3) is 0 Å². The minimum atomic E-state index is 0.241. The van der Waals surface area contributed by atoms with Crippen LogP contribution in [0.5, 0.6) is 0 Å². The van der Waals surface area contributed by atoms with Gasteiger partial charge < -0.3 is 10.6 Å².